The van der Waals surface area contributed by atoms with Crippen molar-refractivity contribution >= 4 is 12.0 Å². The molecule has 6 nitrogen and oxygen atoms in total. The van der Waals surface area contributed by atoms with Crippen molar-refractivity contribution in [2.45, 2.75) is 90.3 Å². The third-order valence-electron chi connectivity index (χ3n) is 4.22. The predicted octanol–water partition coefficient (Wildman–Crippen LogP) is 2.80. The van der Waals surface area contributed by atoms with Gasteiger partial charge in [-0.1, -0.05) is 12.8 Å². The van der Waals surface area contributed by atoms with Crippen LogP contribution in [-0.4, -0.2) is 47.7 Å². The summed E-state index contributed by atoms with van der Waals surface area (Å²) in [6, 6.07) is 0.493. The lowest BCUT2D eigenvalue weighted by atomic mass is 10.0. The first-order valence-electron chi connectivity index (χ1n) is 9.20. The first-order valence-corrected chi connectivity index (χ1v) is 9.20. The van der Waals surface area contributed by atoms with Gasteiger partial charge in [0.05, 0.1) is 0 Å². The van der Waals surface area contributed by atoms with Gasteiger partial charge in [-0.15, -0.1) is 0 Å². The second-order valence-corrected chi connectivity index (χ2v) is 7.84. The Morgan fingerprint density at radius 1 is 1.29 bits per heavy atom. The third kappa shape index (κ3) is 8.52. The number of carbonyl (C=O) groups is 2. The van der Waals surface area contributed by atoms with Gasteiger partial charge in [-0.2, -0.15) is 0 Å². The highest BCUT2D eigenvalue weighted by molar-refractivity contribution is 5.73. The Kier molecular flexibility index (Phi) is 8.53. The summed E-state index contributed by atoms with van der Waals surface area (Å²) in [5.74, 6) is -0.260. The van der Waals surface area contributed by atoms with Gasteiger partial charge in [-0.3, -0.25) is 4.79 Å². The normalized spacial score (nSPS) is 20.3. The number of nitrogens with two attached hydrogens (primary N) is 1. The molecule has 0 radical (unpaired) electrons. The highest BCUT2D eigenvalue weighted by Gasteiger charge is 2.30. The van der Waals surface area contributed by atoms with E-state index in [4.69, 9.17) is 10.5 Å². The maximum absolute atomic E-state index is 12.5. The number of amides is 2. The van der Waals surface area contributed by atoms with Crippen molar-refractivity contribution in [1.82, 2.24) is 10.2 Å². The zero-order chi connectivity index (χ0) is 18.2. The molecule has 1 rings (SSSR count). The van der Waals surface area contributed by atoms with E-state index in [2.05, 4.69) is 12.2 Å². The molecule has 2 atom stereocenters. The molecule has 0 saturated carbocycles. The van der Waals surface area contributed by atoms with Crippen LogP contribution in [0.3, 0.4) is 0 Å². The Bertz CT molecular complexity index is 407. The molecule has 1 aliphatic rings. The van der Waals surface area contributed by atoms with Crippen molar-refractivity contribution in [1.29, 1.82) is 0 Å². The van der Waals surface area contributed by atoms with Crippen LogP contribution in [0, 0.1) is 0 Å². The van der Waals surface area contributed by atoms with E-state index in [1.807, 2.05) is 25.7 Å². The predicted molar refractivity (Wildman–Crippen MR) is 95.7 cm³/mol. The minimum atomic E-state index is -0.466. The molecule has 1 heterocycles. The van der Waals surface area contributed by atoms with Crippen molar-refractivity contribution in [2.75, 3.05) is 13.1 Å². The molecule has 2 amide bonds. The minimum Gasteiger partial charge on any atom is -0.444 e. The van der Waals surface area contributed by atoms with E-state index < -0.39 is 5.60 Å². The van der Waals surface area contributed by atoms with Gasteiger partial charge in [0.2, 0.25) is 5.91 Å². The molecular weight excluding hydrogens is 306 g/mol. The summed E-state index contributed by atoms with van der Waals surface area (Å²) in [5.41, 5.74) is 4.69. The second kappa shape index (κ2) is 9.87. The Morgan fingerprint density at radius 2 is 2.00 bits per heavy atom. The van der Waals surface area contributed by atoms with Crippen molar-refractivity contribution < 1.29 is 14.3 Å². The molecule has 24 heavy (non-hydrogen) atoms. The molecule has 0 aromatic rings. The molecule has 3 N–H and O–H groups in total. The van der Waals surface area contributed by atoms with Crippen LogP contribution in [0.1, 0.15) is 72.6 Å². The van der Waals surface area contributed by atoms with Gasteiger partial charge < -0.3 is 20.7 Å². The van der Waals surface area contributed by atoms with E-state index in [1.165, 1.54) is 0 Å². The van der Waals surface area contributed by atoms with E-state index in [0.717, 1.165) is 51.6 Å². The van der Waals surface area contributed by atoms with E-state index in [1.54, 1.807) is 0 Å². The lowest BCUT2D eigenvalue weighted by Gasteiger charge is -2.33. The molecule has 6 heteroatoms. The fourth-order valence-electron chi connectivity index (χ4n) is 3.09. The van der Waals surface area contributed by atoms with Gasteiger partial charge in [-0.05, 0) is 59.9 Å². The smallest absolute Gasteiger partial charge is 0.410 e. The number of primary amides is 1. The van der Waals surface area contributed by atoms with Gasteiger partial charge in [-0.25, -0.2) is 4.79 Å². The van der Waals surface area contributed by atoms with E-state index >= 15 is 0 Å². The van der Waals surface area contributed by atoms with Gasteiger partial charge in [0.25, 0.3) is 0 Å². The number of nitrogens with zero attached hydrogens (tertiary/aromatic N) is 1. The van der Waals surface area contributed by atoms with Crippen LogP contribution >= 0.6 is 0 Å². The SMILES string of the molecule is CC(CC1CCCCCN1C(=O)OC(C)(C)C)NCCCC(N)=O. The van der Waals surface area contributed by atoms with Crippen LogP contribution in [0.15, 0.2) is 0 Å². The van der Waals surface area contributed by atoms with Gasteiger partial charge in [0.1, 0.15) is 5.60 Å². The number of likely N-dealkylation sites (tertiary alicyclic amines) is 1. The van der Waals surface area contributed by atoms with Crippen LogP contribution in [0.5, 0.6) is 0 Å². The largest absolute Gasteiger partial charge is 0.444 e. The Morgan fingerprint density at radius 3 is 2.62 bits per heavy atom. The summed E-state index contributed by atoms with van der Waals surface area (Å²) in [6.45, 7) is 9.38. The standard InChI is InChI=1S/C18H35N3O3/c1-14(20-11-8-10-16(19)22)13-15-9-6-5-7-12-21(15)17(23)24-18(2,3)4/h14-15,20H,5-13H2,1-4H3,(H2,19,22). The minimum absolute atomic E-state index is 0.199. The Balaban J connectivity index is 2.53. The van der Waals surface area contributed by atoms with Gasteiger partial charge in [0, 0.05) is 25.0 Å². The molecule has 0 aliphatic carbocycles. The summed E-state index contributed by atoms with van der Waals surface area (Å²) >= 11 is 0. The van der Waals surface area contributed by atoms with Crippen LogP contribution in [0.25, 0.3) is 0 Å². The summed E-state index contributed by atoms with van der Waals surface area (Å²) in [5, 5.41) is 3.43. The van der Waals surface area contributed by atoms with E-state index in [-0.39, 0.29) is 24.1 Å². The number of carbonyl (C=O) groups excluding carboxylic acids is 2. The number of nitrogens with one attached hydrogen (secondary N) is 1. The second-order valence-electron chi connectivity index (χ2n) is 7.84. The number of ether oxygens (including phenoxy) is 1. The van der Waals surface area contributed by atoms with Crippen molar-refractivity contribution in [2.24, 2.45) is 5.73 Å². The van der Waals surface area contributed by atoms with E-state index in [0.29, 0.717) is 6.42 Å². The maximum Gasteiger partial charge on any atom is 0.410 e. The zero-order valence-electron chi connectivity index (χ0n) is 15.8. The average Bonchev–Trinajstić information content (AvgIpc) is 2.67. The quantitative estimate of drug-likeness (QED) is 0.697. The molecule has 0 aromatic carbocycles. The zero-order valence-corrected chi connectivity index (χ0v) is 15.8. The summed E-state index contributed by atoms with van der Waals surface area (Å²) in [4.78, 5) is 25.2. The molecule has 2 unspecified atom stereocenters. The van der Waals surface area contributed by atoms with Crippen LogP contribution in [0.2, 0.25) is 0 Å². The Labute approximate surface area is 146 Å². The van der Waals surface area contributed by atoms with Crippen molar-refractivity contribution in [3.63, 3.8) is 0 Å². The first kappa shape index (κ1) is 20.7. The van der Waals surface area contributed by atoms with Gasteiger partial charge >= 0.3 is 6.09 Å². The molecule has 140 valence electrons. The van der Waals surface area contributed by atoms with Crippen LogP contribution in [-0.2, 0) is 9.53 Å². The van der Waals surface area contributed by atoms with Crippen molar-refractivity contribution in [3.8, 4) is 0 Å². The lowest BCUT2D eigenvalue weighted by Crippen LogP contribution is -2.45. The van der Waals surface area contributed by atoms with Crippen LogP contribution in [0.4, 0.5) is 4.79 Å². The molecule has 0 spiro atoms. The van der Waals surface area contributed by atoms with Crippen LogP contribution < -0.4 is 11.1 Å². The molecule has 1 aliphatic heterocycles. The maximum atomic E-state index is 12.5. The molecule has 1 fully saturated rings. The summed E-state index contributed by atoms with van der Waals surface area (Å²) in [7, 11) is 0. The topological polar surface area (TPSA) is 84.7 Å². The number of rotatable bonds is 7. The molecule has 0 bridgehead atoms. The number of hydrogen-bond acceptors (Lipinski definition) is 4. The molecule has 0 aromatic heterocycles. The first-order chi connectivity index (χ1) is 11.2. The summed E-state index contributed by atoms with van der Waals surface area (Å²) in [6.07, 6.45) is 6.23. The third-order valence-corrected chi connectivity index (χ3v) is 4.22. The monoisotopic (exact) mass is 341 g/mol. The number of hydrogen-bond donors (Lipinski definition) is 2. The Hall–Kier alpha value is -1.30. The van der Waals surface area contributed by atoms with E-state index in [9.17, 15) is 9.59 Å². The fourth-order valence-corrected chi connectivity index (χ4v) is 3.09. The summed E-state index contributed by atoms with van der Waals surface area (Å²) < 4.78 is 5.58. The van der Waals surface area contributed by atoms with Crippen molar-refractivity contribution in [3.05, 3.63) is 0 Å². The molecule has 1 saturated heterocycles. The highest BCUT2D eigenvalue weighted by atomic mass is 16.6. The highest BCUT2D eigenvalue weighted by Crippen LogP contribution is 2.23. The fraction of sp³-hybridized carbons (Fsp3) is 0.889. The average molecular weight is 341 g/mol. The molecular formula is C18H35N3O3. The lowest BCUT2D eigenvalue weighted by molar-refractivity contribution is -0.118. The van der Waals surface area contributed by atoms with Gasteiger partial charge in [0.15, 0.2) is 0 Å².